The topological polar surface area (TPSA) is 33.1 Å². The van der Waals surface area contributed by atoms with Gasteiger partial charge in [-0.05, 0) is 33.7 Å². The van der Waals surface area contributed by atoms with E-state index in [0.717, 1.165) is 19.1 Å². The third-order valence-corrected chi connectivity index (χ3v) is 3.91. The zero-order valence-corrected chi connectivity index (χ0v) is 11.4. The Hall–Kier alpha value is -0.870. The fourth-order valence-corrected chi connectivity index (χ4v) is 2.12. The van der Waals surface area contributed by atoms with Gasteiger partial charge in [-0.25, -0.2) is 0 Å². The van der Waals surface area contributed by atoms with Crippen molar-refractivity contribution in [2.75, 3.05) is 13.6 Å². The number of likely N-dealkylation sites (N-methyl/N-ethyl adjacent to an activating group) is 1. The van der Waals surface area contributed by atoms with Crippen LogP contribution in [0.1, 0.15) is 31.0 Å². The minimum absolute atomic E-state index is 0.611. The fourth-order valence-electron chi connectivity index (χ4n) is 2.12. The van der Waals surface area contributed by atoms with E-state index in [2.05, 4.69) is 36.2 Å². The van der Waals surface area contributed by atoms with Crippen molar-refractivity contribution in [2.45, 2.75) is 45.3 Å². The fraction of sp³-hybridized carbons (Fsp3) is 0.769. The lowest BCUT2D eigenvalue weighted by molar-refractivity contribution is 0.241. The van der Waals surface area contributed by atoms with Crippen molar-refractivity contribution in [3.8, 4) is 0 Å². The molecule has 4 heteroatoms. The van der Waals surface area contributed by atoms with Crippen LogP contribution < -0.4 is 5.32 Å². The molecule has 1 fully saturated rings. The number of hydrogen-bond acceptors (Lipinski definition) is 3. The summed E-state index contributed by atoms with van der Waals surface area (Å²) >= 11 is 0. The summed E-state index contributed by atoms with van der Waals surface area (Å²) in [4.78, 5) is 2.49. The van der Waals surface area contributed by atoms with E-state index in [-0.39, 0.29) is 0 Å². The first kappa shape index (κ1) is 12.6. The van der Waals surface area contributed by atoms with Crippen LogP contribution in [0.2, 0.25) is 0 Å². The van der Waals surface area contributed by atoms with Crippen molar-refractivity contribution >= 4 is 0 Å². The van der Waals surface area contributed by atoms with Gasteiger partial charge in [-0.2, -0.15) is 5.10 Å². The molecule has 1 saturated carbocycles. The van der Waals surface area contributed by atoms with Crippen molar-refractivity contribution in [3.63, 3.8) is 0 Å². The molecule has 0 saturated heterocycles. The summed E-state index contributed by atoms with van der Waals surface area (Å²) in [6.45, 7) is 6.37. The Bertz CT molecular complexity index is 367. The summed E-state index contributed by atoms with van der Waals surface area (Å²) in [5.41, 5.74) is 2.55. The second-order valence-corrected chi connectivity index (χ2v) is 5.26. The lowest BCUT2D eigenvalue weighted by atomic mass is 10.2. The van der Waals surface area contributed by atoms with Gasteiger partial charge >= 0.3 is 0 Å². The van der Waals surface area contributed by atoms with Gasteiger partial charge in [0, 0.05) is 43.5 Å². The van der Waals surface area contributed by atoms with Gasteiger partial charge in [0.2, 0.25) is 0 Å². The van der Waals surface area contributed by atoms with Crippen molar-refractivity contribution in [1.82, 2.24) is 20.0 Å². The van der Waals surface area contributed by atoms with Gasteiger partial charge in [0.05, 0.1) is 6.20 Å². The van der Waals surface area contributed by atoms with E-state index in [4.69, 9.17) is 0 Å². The minimum Gasteiger partial charge on any atom is -0.311 e. The first-order valence-corrected chi connectivity index (χ1v) is 6.49. The predicted octanol–water partition coefficient (Wildman–Crippen LogP) is 1.30. The Morgan fingerprint density at radius 3 is 2.82 bits per heavy atom. The molecule has 1 aromatic rings. The third kappa shape index (κ3) is 3.07. The largest absolute Gasteiger partial charge is 0.311 e. The second-order valence-electron chi connectivity index (χ2n) is 5.26. The monoisotopic (exact) mass is 236 g/mol. The summed E-state index contributed by atoms with van der Waals surface area (Å²) in [6.07, 6.45) is 4.71. The van der Waals surface area contributed by atoms with E-state index in [0.29, 0.717) is 6.04 Å². The zero-order chi connectivity index (χ0) is 12.4. The molecule has 96 valence electrons. The summed E-state index contributed by atoms with van der Waals surface area (Å²) in [5, 5.41) is 7.78. The van der Waals surface area contributed by atoms with E-state index in [1.807, 2.05) is 17.9 Å². The Labute approximate surface area is 104 Å². The van der Waals surface area contributed by atoms with Crippen LogP contribution in [0.25, 0.3) is 0 Å². The maximum absolute atomic E-state index is 4.25. The second kappa shape index (κ2) is 5.19. The molecule has 1 aliphatic carbocycles. The quantitative estimate of drug-likeness (QED) is 0.808. The lowest BCUT2D eigenvalue weighted by Gasteiger charge is -2.24. The summed E-state index contributed by atoms with van der Waals surface area (Å²) in [5.74, 6) is 0. The molecule has 17 heavy (non-hydrogen) atoms. The summed E-state index contributed by atoms with van der Waals surface area (Å²) in [6, 6.07) is 1.45. The number of aryl methyl sites for hydroxylation is 1. The average molecular weight is 236 g/mol. The normalized spacial score (nSPS) is 17.7. The maximum Gasteiger partial charge on any atom is 0.0537 e. The van der Waals surface area contributed by atoms with Gasteiger partial charge in [-0.15, -0.1) is 0 Å². The molecule has 4 nitrogen and oxygen atoms in total. The van der Waals surface area contributed by atoms with Gasteiger partial charge in [0.25, 0.3) is 0 Å². The molecule has 1 heterocycles. The number of hydrogen-bond donors (Lipinski definition) is 1. The SMILES string of the molecule is Cc1c(CNCC(C)N(C)C2CC2)cnn1C. The minimum atomic E-state index is 0.611. The molecular weight excluding hydrogens is 212 g/mol. The van der Waals surface area contributed by atoms with Gasteiger partial charge in [-0.3, -0.25) is 9.58 Å². The molecule has 1 atom stereocenters. The van der Waals surface area contributed by atoms with Gasteiger partial charge in [0.15, 0.2) is 0 Å². The molecule has 1 unspecified atom stereocenters. The number of nitrogens with zero attached hydrogens (tertiary/aromatic N) is 3. The molecule has 0 spiro atoms. The van der Waals surface area contributed by atoms with Crippen LogP contribution in [0.3, 0.4) is 0 Å². The maximum atomic E-state index is 4.25. The van der Waals surface area contributed by atoms with Crippen LogP contribution in [0.4, 0.5) is 0 Å². The highest BCUT2D eigenvalue weighted by molar-refractivity contribution is 5.15. The Balaban J connectivity index is 1.73. The molecule has 2 rings (SSSR count). The van der Waals surface area contributed by atoms with Crippen LogP contribution in [-0.2, 0) is 13.6 Å². The lowest BCUT2D eigenvalue weighted by Crippen LogP contribution is -2.38. The molecular formula is C13H24N4. The van der Waals surface area contributed by atoms with E-state index in [9.17, 15) is 0 Å². The van der Waals surface area contributed by atoms with Crippen LogP contribution in [0, 0.1) is 6.92 Å². The first-order valence-electron chi connectivity index (χ1n) is 6.49. The molecule has 1 aliphatic rings. The van der Waals surface area contributed by atoms with Crippen molar-refractivity contribution in [1.29, 1.82) is 0 Å². The van der Waals surface area contributed by atoms with Crippen LogP contribution in [0.15, 0.2) is 6.20 Å². The zero-order valence-electron chi connectivity index (χ0n) is 11.4. The van der Waals surface area contributed by atoms with Crippen LogP contribution >= 0.6 is 0 Å². The summed E-state index contributed by atoms with van der Waals surface area (Å²) in [7, 11) is 4.22. The van der Waals surface area contributed by atoms with Crippen molar-refractivity contribution in [3.05, 3.63) is 17.5 Å². The first-order chi connectivity index (χ1) is 8.09. The van der Waals surface area contributed by atoms with E-state index >= 15 is 0 Å². The molecule has 0 bridgehead atoms. The van der Waals surface area contributed by atoms with Crippen molar-refractivity contribution < 1.29 is 0 Å². The van der Waals surface area contributed by atoms with Crippen LogP contribution in [0.5, 0.6) is 0 Å². The molecule has 1 aromatic heterocycles. The standard InChI is InChI=1S/C13H24N4/c1-10(16(3)13-5-6-13)7-14-8-12-9-15-17(4)11(12)2/h9-10,13-14H,5-8H2,1-4H3. The average Bonchev–Trinajstić information content (AvgIpc) is 3.10. The Kier molecular flexibility index (Phi) is 3.84. The van der Waals surface area contributed by atoms with E-state index in [1.165, 1.54) is 24.1 Å². The van der Waals surface area contributed by atoms with Gasteiger partial charge < -0.3 is 5.32 Å². The molecule has 0 amide bonds. The molecule has 1 N–H and O–H groups in total. The number of aromatic nitrogens is 2. The van der Waals surface area contributed by atoms with Crippen molar-refractivity contribution in [2.24, 2.45) is 7.05 Å². The Morgan fingerprint density at radius 2 is 2.29 bits per heavy atom. The van der Waals surface area contributed by atoms with E-state index in [1.54, 1.807) is 0 Å². The number of nitrogens with one attached hydrogen (secondary N) is 1. The van der Waals surface area contributed by atoms with E-state index < -0.39 is 0 Å². The van der Waals surface area contributed by atoms with Gasteiger partial charge in [0.1, 0.15) is 0 Å². The summed E-state index contributed by atoms with van der Waals surface area (Å²) < 4.78 is 1.93. The predicted molar refractivity (Wildman–Crippen MR) is 69.9 cm³/mol. The molecule has 0 aliphatic heterocycles. The molecule has 0 aromatic carbocycles. The highest BCUT2D eigenvalue weighted by Crippen LogP contribution is 2.26. The smallest absolute Gasteiger partial charge is 0.0537 e. The highest BCUT2D eigenvalue weighted by Gasteiger charge is 2.28. The molecule has 0 radical (unpaired) electrons. The Morgan fingerprint density at radius 1 is 1.59 bits per heavy atom. The highest BCUT2D eigenvalue weighted by atomic mass is 15.3. The number of rotatable bonds is 6. The van der Waals surface area contributed by atoms with Gasteiger partial charge in [-0.1, -0.05) is 0 Å². The third-order valence-electron chi connectivity index (χ3n) is 3.91. The van der Waals surface area contributed by atoms with Crippen LogP contribution in [-0.4, -0.2) is 40.4 Å².